The predicted octanol–water partition coefficient (Wildman–Crippen LogP) is 4.09. The van der Waals surface area contributed by atoms with E-state index in [1.807, 2.05) is 0 Å². The van der Waals surface area contributed by atoms with E-state index in [1.165, 1.54) is 30.5 Å². The van der Waals surface area contributed by atoms with Gasteiger partial charge in [-0.15, -0.1) is 11.3 Å². The zero-order chi connectivity index (χ0) is 23.0. The van der Waals surface area contributed by atoms with E-state index >= 15 is 0 Å². The summed E-state index contributed by atoms with van der Waals surface area (Å²) in [6.45, 7) is 1.62. The summed E-state index contributed by atoms with van der Waals surface area (Å²) in [5.41, 5.74) is 0.874. The second kappa shape index (κ2) is 8.56. The highest BCUT2D eigenvalue weighted by molar-refractivity contribution is 7.17. The Morgan fingerprint density at radius 2 is 1.97 bits per heavy atom. The van der Waals surface area contributed by atoms with E-state index in [-0.39, 0.29) is 15.6 Å². The van der Waals surface area contributed by atoms with Gasteiger partial charge in [0.1, 0.15) is 10.6 Å². The lowest BCUT2D eigenvalue weighted by atomic mass is 9.95. The molecule has 1 aliphatic heterocycles. The highest BCUT2D eigenvalue weighted by Gasteiger charge is 2.46. The Kier molecular flexibility index (Phi) is 5.81. The maximum Gasteiger partial charge on any atom is 0.350 e. The molecule has 3 aromatic rings. The summed E-state index contributed by atoms with van der Waals surface area (Å²) in [5.74, 6) is -1.94. The zero-order valence-electron chi connectivity index (χ0n) is 17.3. The maximum atomic E-state index is 13.3. The number of ether oxygens (including phenoxy) is 2. The van der Waals surface area contributed by atoms with Crippen molar-refractivity contribution in [1.82, 2.24) is 4.98 Å². The summed E-state index contributed by atoms with van der Waals surface area (Å²) in [7, 11) is 2.76. The highest BCUT2D eigenvalue weighted by atomic mass is 32.1. The van der Waals surface area contributed by atoms with Crippen LogP contribution in [-0.4, -0.2) is 42.0 Å². The lowest BCUT2D eigenvalue weighted by molar-refractivity contribution is -0.117. The number of amides is 1. The number of nitrogens with zero attached hydrogens (tertiary/aromatic N) is 2. The average molecular weight is 471 g/mol. The first-order chi connectivity index (χ1) is 15.4. The Balaban J connectivity index is 1.89. The number of hydrogen-bond donors (Lipinski definition) is 1. The number of hydrogen-bond acceptors (Lipinski definition) is 9. The molecule has 0 bridgehead atoms. The third kappa shape index (κ3) is 3.57. The third-order valence-electron chi connectivity index (χ3n) is 4.97. The van der Waals surface area contributed by atoms with Crippen LogP contribution in [0.2, 0.25) is 0 Å². The van der Waals surface area contributed by atoms with E-state index in [9.17, 15) is 19.5 Å². The molecule has 10 heteroatoms. The van der Waals surface area contributed by atoms with Gasteiger partial charge < -0.3 is 14.6 Å². The number of methoxy groups -OCH3 is 2. The van der Waals surface area contributed by atoms with Crippen LogP contribution in [0.25, 0.3) is 0 Å². The molecule has 1 aliphatic rings. The number of thiazole rings is 1. The molecule has 3 heterocycles. The van der Waals surface area contributed by atoms with Crippen molar-refractivity contribution < 1.29 is 29.0 Å². The Morgan fingerprint density at radius 3 is 2.62 bits per heavy atom. The number of rotatable bonds is 6. The minimum atomic E-state index is -0.955. The van der Waals surface area contributed by atoms with E-state index in [0.29, 0.717) is 21.9 Å². The fourth-order valence-corrected chi connectivity index (χ4v) is 5.16. The molecule has 164 valence electrons. The molecule has 1 aromatic carbocycles. The van der Waals surface area contributed by atoms with E-state index in [1.54, 1.807) is 48.7 Å². The molecule has 8 nitrogen and oxygen atoms in total. The average Bonchev–Trinajstić information content (AvgIpc) is 3.52. The number of benzene rings is 1. The first kappa shape index (κ1) is 21.7. The molecule has 0 saturated carbocycles. The largest absolute Gasteiger partial charge is 0.503 e. The van der Waals surface area contributed by atoms with Crippen LogP contribution in [0.5, 0.6) is 5.75 Å². The molecule has 1 atom stereocenters. The number of anilines is 1. The third-order valence-corrected chi connectivity index (χ3v) is 6.97. The summed E-state index contributed by atoms with van der Waals surface area (Å²) >= 11 is 2.17. The lowest BCUT2D eigenvalue weighted by Gasteiger charge is -2.24. The van der Waals surface area contributed by atoms with Gasteiger partial charge >= 0.3 is 5.97 Å². The topological polar surface area (TPSA) is 106 Å². The summed E-state index contributed by atoms with van der Waals surface area (Å²) in [4.78, 5) is 44.8. The normalized spacial score (nSPS) is 15.9. The van der Waals surface area contributed by atoms with Crippen LogP contribution < -0.4 is 9.64 Å². The lowest BCUT2D eigenvalue weighted by Crippen LogP contribution is -2.31. The summed E-state index contributed by atoms with van der Waals surface area (Å²) in [6.07, 6.45) is 0. The van der Waals surface area contributed by atoms with Gasteiger partial charge in [0.05, 0.1) is 36.4 Å². The molecule has 4 rings (SSSR count). The van der Waals surface area contributed by atoms with Crippen molar-refractivity contribution in [2.24, 2.45) is 0 Å². The Bertz CT molecular complexity index is 1250. The molecule has 0 fully saturated rings. The number of aromatic nitrogens is 1. The van der Waals surface area contributed by atoms with E-state index < -0.39 is 29.5 Å². The summed E-state index contributed by atoms with van der Waals surface area (Å²) in [6, 6.07) is 9.28. The second-order valence-corrected chi connectivity index (χ2v) is 8.75. The van der Waals surface area contributed by atoms with Crippen molar-refractivity contribution >= 4 is 45.5 Å². The number of aryl methyl sites for hydroxylation is 1. The van der Waals surface area contributed by atoms with Gasteiger partial charge in [-0.2, -0.15) is 0 Å². The summed E-state index contributed by atoms with van der Waals surface area (Å²) in [5, 5.41) is 12.7. The van der Waals surface area contributed by atoms with Crippen LogP contribution in [0.4, 0.5) is 5.13 Å². The monoisotopic (exact) mass is 470 g/mol. The van der Waals surface area contributed by atoms with Gasteiger partial charge in [0.15, 0.2) is 10.9 Å². The van der Waals surface area contributed by atoms with Crippen LogP contribution in [0.1, 0.15) is 36.6 Å². The molecule has 0 saturated heterocycles. The molecular weight excluding hydrogens is 452 g/mol. The molecule has 1 amide bonds. The first-order valence-corrected chi connectivity index (χ1v) is 11.1. The Hall–Kier alpha value is -3.50. The smallest absolute Gasteiger partial charge is 0.350 e. The standard InChI is InChI=1S/C22H18N2O6S2/c1-11-19(21(28)30-3)32-22(23-11)24-16(12-6-4-7-13(10-12)29-2)15(18(26)20(24)27)17(25)14-8-5-9-31-14/h4-10,16,26H,1-3H3/t16-/m1/s1. The number of aliphatic hydroxyl groups excluding tert-OH is 1. The number of carbonyl (C=O) groups excluding carboxylic acids is 3. The van der Waals surface area contributed by atoms with Gasteiger partial charge in [0, 0.05) is 0 Å². The second-order valence-electron chi connectivity index (χ2n) is 6.83. The SMILES string of the molecule is COC(=O)c1sc(N2C(=O)C(O)=C(C(=O)c3cccs3)[C@H]2c2cccc(OC)c2)nc1C. The van der Waals surface area contributed by atoms with Gasteiger partial charge in [-0.3, -0.25) is 14.5 Å². The van der Waals surface area contributed by atoms with Crippen molar-refractivity contribution in [3.8, 4) is 5.75 Å². The Morgan fingerprint density at radius 1 is 1.19 bits per heavy atom. The van der Waals surface area contributed by atoms with Crippen LogP contribution in [0, 0.1) is 6.92 Å². The van der Waals surface area contributed by atoms with E-state index in [0.717, 1.165) is 11.3 Å². The zero-order valence-corrected chi connectivity index (χ0v) is 19.0. The number of esters is 1. The van der Waals surface area contributed by atoms with Crippen molar-refractivity contribution in [3.05, 3.63) is 74.1 Å². The van der Waals surface area contributed by atoms with Gasteiger partial charge in [0.2, 0.25) is 5.78 Å². The van der Waals surface area contributed by atoms with Crippen LogP contribution in [0.3, 0.4) is 0 Å². The number of ketones is 1. The van der Waals surface area contributed by atoms with Crippen LogP contribution >= 0.6 is 22.7 Å². The molecule has 1 N–H and O–H groups in total. The fourth-order valence-electron chi connectivity index (χ4n) is 3.47. The number of aliphatic hydroxyl groups is 1. The van der Waals surface area contributed by atoms with E-state index in [4.69, 9.17) is 9.47 Å². The Labute approximate surface area is 191 Å². The van der Waals surface area contributed by atoms with E-state index in [2.05, 4.69) is 4.98 Å². The molecule has 0 unspecified atom stereocenters. The quantitative estimate of drug-likeness (QED) is 0.427. The number of carbonyl (C=O) groups is 3. The molecule has 2 aromatic heterocycles. The number of thiophene rings is 1. The van der Waals surface area contributed by atoms with Crippen molar-refractivity contribution in [2.45, 2.75) is 13.0 Å². The summed E-state index contributed by atoms with van der Waals surface area (Å²) < 4.78 is 10.1. The van der Waals surface area contributed by atoms with Crippen molar-refractivity contribution in [1.29, 1.82) is 0 Å². The molecular formula is C22H18N2O6S2. The van der Waals surface area contributed by atoms with Gasteiger partial charge in [-0.05, 0) is 36.1 Å². The molecule has 0 radical (unpaired) electrons. The highest BCUT2D eigenvalue weighted by Crippen LogP contribution is 2.44. The van der Waals surface area contributed by atoms with Crippen molar-refractivity contribution in [3.63, 3.8) is 0 Å². The van der Waals surface area contributed by atoms with Gasteiger partial charge in [-0.1, -0.05) is 29.5 Å². The first-order valence-electron chi connectivity index (χ1n) is 9.42. The van der Waals surface area contributed by atoms with Crippen LogP contribution in [-0.2, 0) is 9.53 Å². The maximum absolute atomic E-state index is 13.3. The van der Waals surface area contributed by atoms with Gasteiger partial charge in [-0.25, -0.2) is 9.78 Å². The van der Waals surface area contributed by atoms with Crippen molar-refractivity contribution in [2.75, 3.05) is 19.1 Å². The molecule has 0 aliphatic carbocycles. The molecule has 0 spiro atoms. The predicted molar refractivity (Wildman–Crippen MR) is 120 cm³/mol. The number of Topliss-reactive ketones (excluding diaryl/α,β-unsaturated/α-hetero) is 1. The minimum Gasteiger partial charge on any atom is -0.503 e. The van der Waals surface area contributed by atoms with Gasteiger partial charge in [0.25, 0.3) is 5.91 Å². The van der Waals surface area contributed by atoms with Crippen LogP contribution in [0.15, 0.2) is 53.1 Å². The fraction of sp³-hybridized carbons (Fsp3) is 0.182. The minimum absolute atomic E-state index is 0.0572. The molecule has 32 heavy (non-hydrogen) atoms.